The lowest BCUT2D eigenvalue weighted by Gasteiger charge is -2.17. The third-order valence-electron chi connectivity index (χ3n) is 2.25. The zero-order chi connectivity index (χ0) is 9.64. The highest BCUT2D eigenvalue weighted by Gasteiger charge is 2.20. The first-order valence-corrected chi connectivity index (χ1v) is 6.17. The van der Waals surface area contributed by atoms with Crippen molar-refractivity contribution in [3.8, 4) is 0 Å². The first-order chi connectivity index (χ1) is 6.00. The number of thiophene rings is 2. The molecule has 0 saturated heterocycles. The molecule has 0 aliphatic carbocycles. The Morgan fingerprint density at radius 1 is 1.23 bits per heavy atom. The summed E-state index contributed by atoms with van der Waals surface area (Å²) < 4.78 is 1.47. The van der Waals surface area contributed by atoms with E-state index >= 15 is 0 Å². The molecule has 70 valence electrons. The van der Waals surface area contributed by atoms with Crippen molar-refractivity contribution >= 4 is 32.1 Å². The summed E-state index contributed by atoms with van der Waals surface area (Å²) in [7, 11) is 0. The fourth-order valence-corrected chi connectivity index (χ4v) is 4.03. The minimum Gasteiger partial charge on any atom is -0.133 e. The topological polar surface area (TPSA) is 0 Å². The van der Waals surface area contributed by atoms with Crippen LogP contribution in [0.15, 0.2) is 11.4 Å². The fraction of sp³-hybridized carbons (Fsp3) is 0.455. The summed E-state index contributed by atoms with van der Waals surface area (Å²) in [6, 6.07) is 2.24. The highest BCUT2D eigenvalue weighted by molar-refractivity contribution is 7.37. The zero-order valence-corrected chi connectivity index (χ0v) is 10.1. The fourth-order valence-electron chi connectivity index (χ4n) is 1.66. The van der Waals surface area contributed by atoms with Gasteiger partial charge in [0.25, 0.3) is 0 Å². The molecule has 2 rings (SSSR count). The van der Waals surface area contributed by atoms with Crippen molar-refractivity contribution in [3.05, 3.63) is 21.9 Å². The maximum absolute atomic E-state index is 2.29. The van der Waals surface area contributed by atoms with Gasteiger partial charge in [0, 0.05) is 10.3 Å². The van der Waals surface area contributed by atoms with Crippen molar-refractivity contribution in [2.75, 3.05) is 0 Å². The number of hydrogen-bond acceptors (Lipinski definition) is 2. The Kier molecular flexibility index (Phi) is 2.00. The average molecular weight is 210 g/mol. The Morgan fingerprint density at radius 3 is 2.46 bits per heavy atom. The van der Waals surface area contributed by atoms with E-state index in [4.69, 9.17) is 0 Å². The van der Waals surface area contributed by atoms with Crippen molar-refractivity contribution in [1.82, 2.24) is 0 Å². The summed E-state index contributed by atoms with van der Waals surface area (Å²) in [5.74, 6) is 0. The minimum atomic E-state index is 0.299. The normalized spacial score (nSPS) is 12.6. The molecule has 0 N–H and O–H groups in total. The summed E-state index contributed by atoms with van der Waals surface area (Å²) in [6.45, 7) is 9.10. The van der Waals surface area contributed by atoms with Crippen LogP contribution in [-0.2, 0) is 5.41 Å². The molecule has 2 aromatic rings. The van der Waals surface area contributed by atoms with E-state index in [-0.39, 0.29) is 0 Å². The molecule has 0 aliphatic heterocycles. The van der Waals surface area contributed by atoms with E-state index in [0.717, 1.165) is 0 Å². The molecule has 0 nitrogen and oxygen atoms in total. The first kappa shape index (κ1) is 9.22. The second-order valence-corrected chi connectivity index (χ2v) is 6.62. The molecule has 0 unspecified atom stereocenters. The van der Waals surface area contributed by atoms with Crippen LogP contribution in [0.1, 0.15) is 31.2 Å². The van der Waals surface area contributed by atoms with Gasteiger partial charge in [0.2, 0.25) is 0 Å². The predicted molar refractivity (Wildman–Crippen MR) is 63.1 cm³/mol. The number of rotatable bonds is 0. The van der Waals surface area contributed by atoms with Gasteiger partial charge in [-0.2, -0.15) is 0 Å². The second kappa shape index (κ2) is 2.82. The number of fused-ring (bicyclic) bond motifs is 1. The summed E-state index contributed by atoms with van der Waals surface area (Å²) in [5.41, 5.74) is 1.78. The molecular weight excluding hydrogens is 196 g/mol. The van der Waals surface area contributed by atoms with Gasteiger partial charge >= 0.3 is 0 Å². The van der Waals surface area contributed by atoms with Crippen molar-refractivity contribution in [1.29, 1.82) is 0 Å². The van der Waals surface area contributed by atoms with Gasteiger partial charge in [-0.1, -0.05) is 20.8 Å². The molecule has 0 aliphatic rings. The standard InChI is InChI=1S/C11H14S2/c1-7-8-5-6-12-10(8)13-9(7)11(2,3)4/h5-6H,1-4H3. The average Bonchev–Trinajstić information content (AvgIpc) is 2.51. The molecule has 13 heavy (non-hydrogen) atoms. The summed E-state index contributed by atoms with van der Waals surface area (Å²) in [4.78, 5) is 1.54. The Balaban J connectivity index is 2.71. The molecule has 2 aromatic heterocycles. The van der Waals surface area contributed by atoms with Crippen LogP contribution in [-0.4, -0.2) is 0 Å². The van der Waals surface area contributed by atoms with Gasteiger partial charge in [-0.3, -0.25) is 0 Å². The maximum Gasteiger partial charge on any atom is 0.0870 e. The Labute approximate surface area is 87.2 Å². The van der Waals surface area contributed by atoms with Gasteiger partial charge in [-0.05, 0) is 29.3 Å². The molecule has 0 fully saturated rings. The van der Waals surface area contributed by atoms with E-state index < -0.39 is 0 Å². The van der Waals surface area contributed by atoms with E-state index in [2.05, 4.69) is 39.1 Å². The van der Waals surface area contributed by atoms with Gasteiger partial charge in [0.05, 0.1) is 4.01 Å². The quantitative estimate of drug-likeness (QED) is 0.597. The first-order valence-electron chi connectivity index (χ1n) is 4.47. The molecule has 0 bridgehead atoms. The molecule has 0 saturated carbocycles. The zero-order valence-electron chi connectivity index (χ0n) is 8.47. The monoisotopic (exact) mass is 210 g/mol. The third kappa shape index (κ3) is 1.42. The molecule has 0 amide bonds. The van der Waals surface area contributed by atoms with E-state index in [1.54, 1.807) is 0 Å². The maximum atomic E-state index is 2.29. The second-order valence-electron chi connectivity index (χ2n) is 4.43. The van der Waals surface area contributed by atoms with Crippen molar-refractivity contribution in [2.45, 2.75) is 33.1 Å². The van der Waals surface area contributed by atoms with Gasteiger partial charge in [-0.25, -0.2) is 0 Å². The van der Waals surface area contributed by atoms with Crippen LogP contribution in [0.2, 0.25) is 0 Å². The van der Waals surface area contributed by atoms with Crippen molar-refractivity contribution in [3.63, 3.8) is 0 Å². The Morgan fingerprint density at radius 2 is 1.92 bits per heavy atom. The molecule has 2 heteroatoms. The summed E-state index contributed by atoms with van der Waals surface area (Å²) in [6.07, 6.45) is 0. The summed E-state index contributed by atoms with van der Waals surface area (Å²) in [5, 5.41) is 3.64. The lowest BCUT2D eigenvalue weighted by molar-refractivity contribution is 0.601. The number of aryl methyl sites for hydroxylation is 1. The Hall–Kier alpha value is -0.340. The van der Waals surface area contributed by atoms with Crippen LogP contribution in [0.5, 0.6) is 0 Å². The van der Waals surface area contributed by atoms with Crippen LogP contribution in [0.25, 0.3) is 9.40 Å². The molecular formula is C11H14S2. The molecule has 2 heterocycles. The summed E-state index contributed by atoms with van der Waals surface area (Å²) >= 11 is 3.81. The van der Waals surface area contributed by atoms with Gasteiger partial charge < -0.3 is 0 Å². The van der Waals surface area contributed by atoms with Crippen molar-refractivity contribution in [2.24, 2.45) is 0 Å². The lowest BCUT2D eigenvalue weighted by atomic mass is 9.91. The van der Waals surface area contributed by atoms with Crippen LogP contribution in [0.4, 0.5) is 0 Å². The van der Waals surface area contributed by atoms with E-state index in [9.17, 15) is 0 Å². The van der Waals surface area contributed by atoms with E-state index in [1.165, 1.54) is 19.8 Å². The predicted octanol–water partition coefficient (Wildman–Crippen LogP) is 4.57. The minimum absolute atomic E-state index is 0.299. The smallest absolute Gasteiger partial charge is 0.0870 e. The molecule has 0 aromatic carbocycles. The van der Waals surface area contributed by atoms with Crippen LogP contribution in [0, 0.1) is 6.92 Å². The Bertz CT molecular complexity index is 426. The van der Waals surface area contributed by atoms with Gasteiger partial charge in [0.1, 0.15) is 0 Å². The highest BCUT2D eigenvalue weighted by atomic mass is 32.2. The molecule has 0 atom stereocenters. The van der Waals surface area contributed by atoms with Gasteiger partial charge in [0.15, 0.2) is 0 Å². The lowest BCUT2D eigenvalue weighted by Crippen LogP contribution is -2.09. The molecule has 0 spiro atoms. The van der Waals surface area contributed by atoms with E-state index in [0.29, 0.717) is 5.41 Å². The van der Waals surface area contributed by atoms with E-state index in [1.807, 2.05) is 22.7 Å². The van der Waals surface area contributed by atoms with Gasteiger partial charge in [-0.15, -0.1) is 22.7 Å². The number of hydrogen-bond donors (Lipinski definition) is 0. The van der Waals surface area contributed by atoms with Crippen molar-refractivity contribution < 1.29 is 0 Å². The molecule has 0 radical (unpaired) electrons. The SMILES string of the molecule is Cc1c(C(C)(C)C)sc2sccc12. The van der Waals surface area contributed by atoms with Crippen LogP contribution in [0.3, 0.4) is 0 Å². The van der Waals surface area contributed by atoms with Crippen LogP contribution >= 0.6 is 22.7 Å². The highest BCUT2D eigenvalue weighted by Crippen LogP contribution is 2.40. The third-order valence-corrected chi connectivity index (χ3v) is 5.02. The van der Waals surface area contributed by atoms with Crippen LogP contribution < -0.4 is 0 Å². The largest absolute Gasteiger partial charge is 0.133 e.